The van der Waals surface area contributed by atoms with Crippen molar-refractivity contribution in [3.63, 3.8) is 0 Å². The number of allylic oxidation sites excluding steroid dienone is 8. The summed E-state index contributed by atoms with van der Waals surface area (Å²) in [5, 5.41) is 0. The molecule has 0 bridgehead atoms. The van der Waals surface area contributed by atoms with E-state index >= 15 is 0 Å². The number of benzene rings is 4. The van der Waals surface area contributed by atoms with Crippen LogP contribution in [0.25, 0.3) is 35.4 Å². The normalized spacial score (nSPS) is 14.9. The summed E-state index contributed by atoms with van der Waals surface area (Å²) in [5.74, 6) is 0. The molecule has 0 amide bonds. The molecule has 4 heteroatoms. The van der Waals surface area contributed by atoms with Crippen molar-refractivity contribution in [3.8, 4) is 11.1 Å². The average Bonchev–Trinajstić information content (AvgIpc) is 3.77. The Morgan fingerprint density at radius 2 is 0.750 bits per heavy atom. The first-order valence-corrected chi connectivity index (χ1v) is 19.7. The van der Waals surface area contributed by atoms with E-state index in [0.717, 1.165) is 25.7 Å². The Hall–Kier alpha value is -5.68. The zero-order chi connectivity index (χ0) is 34.4. The minimum absolute atomic E-state index is 0.926. The molecule has 4 aromatic carbocycles. The van der Waals surface area contributed by atoms with Crippen LogP contribution in [-0.2, 0) is 25.7 Å². The predicted molar refractivity (Wildman–Crippen MR) is 223 cm³/mol. The molecule has 6 aromatic rings. The molecule has 52 heavy (non-hydrogen) atoms. The third-order valence-corrected chi connectivity index (χ3v) is 12.9. The standard InChI is InChI=1S/C48H36N2S2/c1-3-11-35(12-4-1)49(39-27-29-47-43(31-39)41-15-7-9-17-45(41)51-47)37-23-19-33(20-24-37)34-21-25-38(26-22-34)50(36-13-5-2-6-14-36)40-28-30-48-44(32-40)42-16-8-10-18-46(42)52-48/h1-14,17-30H,15-16,31-32H2. The number of hydrogen-bond acceptors (Lipinski definition) is 4. The Kier molecular flexibility index (Phi) is 7.85. The van der Waals surface area contributed by atoms with Gasteiger partial charge < -0.3 is 9.80 Å². The fourth-order valence-electron chi connectivity index (χ4n) is 7.99. The summed E-state index contributed by atoms with van der Waals surface area (Å²) in [6.45, 7) is 0. The SMILES string of the molecule is C1=CCc2c3c(sc2=C1)=CC=C(N(c1ccccc1)c1ccc(-c2ccc(N(C4=CC=c5sc6c(c5C4)CC=CC=6)c4ccccc4)cc2)cc1)C3. The molecular weight excluding hydrogens is 669 g/mol. The summed E-state index contributed by atoms with van der Waals surface area (Å²) >= 11 is 3.84. The van der Waals surface area contributed by atoms with E-state index in [1.807, 2.05) is 22.7 Å². The van der Waals surface area contributed by atoms with E-state index in [-0.39, 0.29) is 0 Å². The third kappa shape index (κ3) is 5.56. The Balaban J connectivity index is 0.951. The Bertz CT molecular complexity index is 2510. The van der Waals surface area contributed by atoms with Gasteiger partial charge in [0.25, 0.3) is 0 Å². The Morgan fingerprint density at radius 3 is 1.17 bits per heavy atom. The van der Waals surface area contributed by atoms with Crippen molar-refractivity contribution in [2.45, 2.75) is 25.7 Å². The molecule has 250 valence electrons. The molecule has 0 atom stereocenters. The number of hydrogen-bond donors (Lipinski definition) is 0. The van der Waals surface area contributed by atoms with Crippen LogP contribution in [0.15, 0.2) is 157 Å². The minimum Gasteiger partial charge on any atom is -0.314 e. The van der Waals surface area contributed by atoms with Crippen molar-refractivity contribution in [1.29, 1.82) is 0 Å². The van der Waals surface area contributed by atoms with E-state index in [4.69, 9.17) is 0 Å². The van der Waals surface area contributed by atoms with Crippen LogP contribution in [0.3, 0.4) is 0 Å². The highest BCUT2D eigenvalue weighted by molar-refractivity contribution is 7.08. The van der Waals surface area contributed by atoms with Crippen LogP contribution < -0.4 is 27.9 Å². The van der Waals surface area contributed by atoms with Gasteiger partial charge in [-0.15, -0.1) is 22.7 Å². The van der Waals surface area contributed by atoms with Gasteiger partial charge in [-0.1, -0.05) is 85.0 Å². The van der Waals surface area contributed by atoms with Crippen LogP contribution in [0.5, 0.6) is 0 Å². The van der Waals surface area contributed by atoms with Crippen molar-refractivity contribution >= 4 is 69.7 Å². The monoisotopic (exact) mass is 704 g/mol. The van der Waals surface area contributed by atoms with Gasteiger partial charge in [0.1, 0.15) is 0 Å². The average molecular weight is 705 g/mol. The first-order valence-electron chi connectivity index (χ1n) is 18.0. The van der Waals surface area contributed by atoms with Crippen LogP contribution in [-0.4, -0.2) is 0 Å². The summed E-state index contributed by atoms with van der Waals surface area (Å²) in [7, 11) is 0. The summed E-state index contributed by atoms with van der Waals surface area (Å²) in [6.07, 6.45) is 26.6. The van der Waals surface area contributed by atoms with E-state index < -0.39 is 0 Å². The Labute approximate surface area is 312 Å². The Morgan fingerprint density at radius 1 is 0.365 bits per heavy atom. The zero-order valence-corrected chi connectivity index (χ0v) is 30.3. The van der Waals surface area contributed by atoms with Crippen LogP contribution >= 0.6 is 22.7 Å². The van der Waals surface area contributed by atoms with Crippen LogP contribution in [0.4, 0.5) is 22.7 Å². The molecule has 0 fully saturated rings. The molecular formula is C48H36N2S2. The maximum absolute atomic E-state index is 2.43. The lowest BCUT2D eigenvalue weighted by molar-refractivity contribution is 1.01. The zero-order valence-electron chi connectivity index (χ0n) is 28.7. The molecule has 0 unspecified atom stereocenters. The van der Waals surface area contributed by atoms with Gasteiger partial charge in [-0.2, -0.15) is 0 Å². The highest BCUT2D eigenvalue weighted by atomic mass is 32.1. The van der Waals surface area contributed by atoms with Crippen LogP contribution in [0, 0.1) is 0 Å². The quantitative estimate of drug-likeness (QED) is 0.164. The summed E-state index contributed by atoms with van der Waals surface area (Å²) in [4.78, 5) is 4.85. The number of nitrogens with zero attached hydrogens (tertiary/aromatic N) is 2. The molecule has 0 aliphatic heterocycles. The van der Waals surface area contributed by atoms with Crippen molar-refractivity contribution in [2.75, 3.05) is 9.80 Å². The highest BCUT2D eigenvalue weighted by Gasteiger charge is 2.23. The molecule has 2 heterocycles. The minimum atomic E-state index is 0.926. The number of thiophene rings is 2. The molecule has 4 aliphatic carbocycles. The second-order valence-corrected chi connectivity index (χ2v) is 15.8. The maximum Gasteiger partial charge on any atom is 0.0458 e. The van der Waals surface area contributed by atoms with Gasteiger partial charge >= 0.3 is 0 Å². The molecule has 0 spiro atoms. The van der Waals surface area contributed by atoms with Gasteiger partial charge in [-0.3, -0.25) is 0 Å². The van der Waals surface area contributed by atoms with Crippen molar-refractivity contribution in [2.24, 2.45) is 0 Å². The van der Waals surface area contributed by atoms with Crippen molar-refractivity contribution in [3.05, 3.63) is 197 Å². The van der Waals surface area contributed by atoms with E-state index in [2.05, 4.69) is 180 Å². The second kappa shape index (κ2) is 13.1. The number of anilines is 4. The first kappa shape index (κ1) is 31.1. The van der Waals surface area contributed by atoms with Gasteiger partial charge in [0.15, 0.2) is 0 Å². The summed E-state index contributed by atoms with van der Waals surface area (Å²) in [5.41, 5.74) is 15.7. The van der Waals surface area contributed by atoms with E-state index in [1.54, 1.807) is 0 Å². The molecule has 0 radical (unpaired) electrons. The lowest BCUT2D eigenvalue weighted by Gasteiger charge is -2.30. The molecule has 0 saturated heterocycles. The van der Waals surface area contributed by atoms with Crippen LogP contribution in [0.2, 0.25) is 0 Å². The fraction of sp³-hybridized carbons (Fsp3) is 0.0833. The molecule has 0 saturated carbocycles. The van der Waals surface area contributed by atoms with Crippen molar-refractivity contribution < 1.29 is 0 Å². The largest absolute Gasteiger partial charge is 0.314 e. The van der Waals surface area contributed by atoms with Gasteiger partial charge in [-0.05, 0) is 131 Å². The molecule has 0 N–H and O–H groups in total. The van der Waals surface area contributed by atoms with Gasteiger partial charge in [-0.25, -0.2) is 0 Å². The maximum atomic E-state index is 2.43. The molecule has 10 rings (SSSR count). The number of para-hydroxylation sites is 2. The second-order valence-electron chi connectivity index (χ2n) is 13.6. The van der Waals surface area contributed by atoms with E-state index in [9.17, 15) is 0 Å². The van der Waals surface area contributed by atoms with Crippen molar-refractivity contribution in [1.82, 2.24) is 0 Å². The lowest BCUT2D eigenvalue weighted by atomic mass is 9.97. The third-order valence-electron chi connectivity index (χ3n) is 10.5. The molecule has 4 aliphatic rings. The highest BCUT2D eigenvalue weighted by Crippen LogP contribution is 2.37. The smallest absolute Gasteiger partial charge is 0.0458 e. The predicted octanol–water partition coefficient (Wildman–Crippen LogP) is 9.38. The van der Waals surface area contributed by atoms with E-state index in [0.29, 0.717) is 0 Å². The first-order chi connectivity index (χ1) is 25.8. The topological polar surface area (TPSA) is 6.48 Å². The van der Waals surface area contributed by atoms with Gasteiger partial charge in [0.2, 0.25) is 0 Å². The van der Waals surface area contributed by atoms with Gasteiger partial charge in [0, 0.05) is 65.1 Å². The lowest BCUT2D eigenvalue weighted by Crippen LogP contribution is -2.23. The van der Waals surface area contributed by atoms with Crippen LogP contribution in [0.1, 0.15) is 22.3 Å². The summed E-state index contributed by atoms with van der Waals surface area (Å²) in [6, 6.07) is 39.7. The van der Waals surface area contributed by atoms with Gasteiger partial charge in [0.05, 0.1) is 0 Å². The number of fused-ring (bicyclic) bond motifs is 6. The van der Waals surface area contributed by atoms with E-state index in [1.165, 1.54) is 85.7 Å². The molecule has 2 nitrogen and oxygen atoms in total. The number of rotatable bonds is 7. The fourth-order valence-corrected chi connectivity index (χ4v) is 10.3. The molecule has 2 aromatic heterocycles. The summed E-state index contributed by atoms with van der Waals surface area (Å²) < 4.78 is 5.62.